The second-order valence-corrected chi connectivity index (χ2v) is 6.87. The molecule has 0 unspecified atom stereocenters. The normalized spacial score (nSPS) is 14.5. The van der Waals surface area contributed by atoms with E-state index in [0.29, 0.717) is 5.92 Å². The van der Waals surface area contributed by atoms with Gasteiger partial charge in [0.05, 0.1) is 5.69 Å². The van der Waals surface area contributed by atoms with Crippen LogP contribution in [0.15, 0.2) is 43.0 Å². The maximum atomic E-state index is 4.87. The summed E-state index contributed by atoms with van der Waals surface area (Å²) in [6.45, 7) is 4.42. The molecule has 0 saturated carbocycles. The van der Waals surface area contributed by atoms with Crippen molar-refractivity contribution in [2.24, 2.45) is 5.92 Å². The van der Waals surface area contributed by atoms with Crippen molar-refractivity contribution in [3.63, 3.8) is 0 Å². The fraction of sp³-hybridized carbons (Fsp3) is 0.350. The molecule has 3 aromatic rings. The van der Waals surface area contributed by atoms with Crippen molar-refractivity contribution in [2.75, 3.05) is 0 Å². The van der Waals surface area contributed by atoms with Crippen molar-refractivity contribution < 1.29 is 0 Å². The summed E-state index contributed by atoms with van der Waals surface area (Å²) >= 11 is 0. The highest BCUT2D eigenvalue weighted by molar-refractivity contribution is 5.81. The molecule has 0 aliphatic heterocycles. The van der Waals surface area contributed by atoms with Crippen LogP contribution in [0, 0.1) is 5.92 Å². The summed E-state index contributed by atoms with van der Waals surface area (Å²) in [4.78, 5) is 13.8. The molecule has 4 nitrogen and oxygen atoms in total. The van der Waals surface area contributed by atoms with Crippen molar-refractivity contribution in [2.45, 2.75) is 39.5 Å². The number of nitrogens with zero attached hydrogens (tertiary/aromatic N) is 4. The second kappa shape index (κ2) is 6.19. The summed E-state index contributed by atoms with van der Waals surface area (Å²) in [7, 11) is 0. The molecule has 3 heterocycles. The lowest BCUT2D eigenvalue weighted by Crippen LogP contribution is -2.06. The Morgan fingerprint density at radius 2 is 2.12 bits per heavy atom. The maximum Gasteiger partial charge on any atom is 0.136 e. The summed E-state index contributed by atoms with van der Waals surface area (Å²) < 4.78 is 2.06. The lowest BCUT2D eigenvalue weighted by atomic mass is 9.99. The molecule has 0 bridgehead atoms. The summed E-state index contributed by atoms with van der Waals surface area (Å²) in [5.41, 5.74) is 5.78. The fourth-order valence-corrected chi connectivity index (χ4v) is 3.32. The molecule has 0 N–H and O–H groups in total. The Morgan fingerprint density at radius 3 is 3.00 bits per heavy atom. The average Bonchev–Trinajstić information content (AvgIpc) is 2.93. The van der Waals surface area contributed by atoms with E-state index >= 15 is 0 Å². The number of allylic oxidation sites excluding steroid dienone is 1. The maximum absolute atomic E-state index is 4.87. The zero-order valence-corrected chi connectivity index (χ0v) is 14.2. The lowest BCUT2D eigenvalue weighted by molar-refractivity contribution is 0.616. The van der Waals surface area contributed by atoms with Gasteiger partial charge in [-0.25, -0.2) is 15.0 Å². The van der Waals surface area contributed by atoms with Crippen molar-refractivity contribution in [1.29, 1.82) is 0 Å². The van der Waals surface area contributed by atoms with Gasteiger partial charge in [0, 0.05) is 36.8 Å². The van der Waals surface area contributed by atoms with Crippen LogP contribution in [0.4, 0.5) is 0 Å². The molecule has 122 valence electrons. The Labute approximate surface area is 142 Å². The Hall–Kier alpha value is -2.49. The van der Waals surface area contributed by atoms with Crippen LogP contribution < -0.4 is 0 Å². The van der Waals surface area contributed by atoms with E-state index < -0.39 is 0 Å². The van der Waals surface area contributed by atoms with E-state index in [1.807, 2.05) is 18.6 Å². The second-order valence-electron chi connectivity index (χ2n) is 6.87. The van der Waals surface area contributed by atoms with Crippen molar-refractivity contribution >= 4 is 11.2 Å². The molecule has 1 aliphatic carbocycles. The van der Waals surface area contributed by atoms with Gasteiger partial charge in [0.1, 0.15) is 11.5 Å². The summed E-state index contributed by atoms with van der Waals surface area (Å²) in [5.74, 6) is 1.54. The first-order valence-electron chi connectivity index (χ1n) is 8.69. The zero-order valence-electron chi connectivity index (χ0n) is 14.2. The predicted octanol–water partition coefficient (Wildman–Crippen LogP) is 4.09. The molecular formula is C20H22N4. The third-order valence-corrected chi connectivity index (χ3v) is 4.46. The number of hydrogen-bond acceptors (Lipinski definition) is 3. The number of hydrogen-bond donors (Lipinski definition) is 0. The molecule has 0 fully saturated rings. The molecular weight excluding hydrogens is 296 g/mol. The molecule has 0 spiro atoms. The van der Waals surface area contributed by atoms with Gasteiger partial charge < -0.3 is 4.40 Å². The topological polar surface area (TPSA) is 43.1 Å². The van der Waals surface area contributed by atoms with Gasteiger partial charge in [-0.05, 0) is 48.4 Å². The van der Waals surface area contributed by atoms with Gasteiger partial charge in [0.25, 0.3) is 0 Å². The highest BCUT2D eigenvalue weighted by Gasteiger charge is 2.16. The first kappa shape index (κ1) is 15.1. The lowest BCUT2D eigenvalue weighted by Gasteiger charge is -2.12. The number of aromatic nitrogens is 4. The highest BCUT2D eigenvalue weighted by Crippen LogP contribution is 2.30. The van der Waals surface area contributed by atoms with E-state index in [4.69, 9.17) is 4.98 Å². The molecule has 0 radical (unpaired) electrons. The number of rotatable bonds is 3. The van der Waals surface area contributed by atoms with Crippen LogP contribution in [0.2, 0.25) is 0 Å². The summed E-state index contributed by atoms with van der Waals surface area (Å²) in [6.07, 6.45) is 14.5. The number of aryl methyl sites for hydroxylation is 1. The highest BCUT2D eigenvalue weighted by atomic mass is 15.0. The largest absolute Gasteiger partial charge is 0.306 e. The molecule has 0 atom stereocenters. The monoisotopic (exact) mass is 318 g/mol. The van der Waals surface area contributed by atoms with Crippen molar-refractivity contribution in [1.82, 2.24) is 19.4 Å². The minimum absolute atomic E-state index is 0.576. The minimum Gasteiger partial charge on any atom is -0.306 e. The minimum atomic E-state index is 0.576. The van der Waals surface area contributed by atoms with Gasteiger partial charge in [0.15, 0.2) is 0 Å². The first-order valence-corrected chi connectivity index (χ1v) is 8.69. The molecule has 24 heavy (non-hydrogen) atoms. The number of pyridine rings is 1. The Bertz CT molecular complexity index is 905. The summed E-state index contributed by atoms with van der Waals surface area (Å²) in [6, 6.07) is 4.21. The molecule has 4 heteroatoms. The SMILES string of the molecule is CC(C)Cc1ncc2c(n1)CCCC=C2c1ccc2nccn2c1. The quantitative estimate of drug-likeness (QED) is 0.730. The number of imidazole rings is 1. The van der Waals surface area contributed by atoms with Crippen LogP contribution >= 0.6 is 0 Å². The van der Waals surface area contributed by atoms with Gasteiger partial charge in [-0.2, -0.15) is 0 Å². The zero-order chi connectivity index (χ0) is 16.5. The van der Waals surface area contributed by atoms with Crippen LogP contribution in [-0.4, -0.2) is 19.4 Å². The molecule has 0 amide bonds. The van der Waals surface area contributed by atoms with Crippen molar-refractivity contribution in [3.8, 4) is 0 Å². The first-order chi connectivity index (χ1) is 11.7. The van der Waals surface area contributed by atoms with E-state index in [9.17, 15) is 0 Å². The Morgan fingerprint density at radius 1 is 1.21 bits per heavy atom. The van der Waals surface area contributed by atoms with Crippen molar-refractivity contribution in [3.05, 3.63) is 65.6 Å². The third kappa shape index (κ3) is 2.84. The van der Waals surface area contributed by atoms with Crippen LogP contribution in [0.1, 0.15) is 49.3 Å². The standard InChI is InChI=1S/C20H22N4/c1-14(2)11-19-22-12-17-16(5-3-4-6-18(17)23-19)15-7-8-20-21-9-10-24(20)13-15/h5,7-10,12-14H,3-4,6,11H2,1-2H3. The van der Waals surface area contributed by atoms with Gasteiger partial charge in [0.2, 0.25) is 0 Å². The molecule has 4 rings (SSSR count). The predicted molar refractivity (Wildman–Crippen MR) is 95.8 cm³/mol. The van der Waals surface area contributed by atoms with Gasteiger partial charge >= 0.3 is 0 Å². The van der Waals surface area contributed by atoms with Crippen LogP contribution in [0.25, 0.3) is 11.2 Å². The van der Waals surface area contributed by atoms with Gasteiger partial charge in [-0.15, -0.1) is 0 Å². The van der Waals surface area contributed by atoms with E-state index in [1.54, 1.807) is 0 Å². The van der Waals surface area contributed by atoms with Gasteiger partial charge in [-0.3, -0.25) is 0 Å². The van der Waals surface area contributed by atoms with Crippen LogP contribution in [0.5, 0.6) is 0 Å². The van der Waals surface area contributed by atoms with E-state index in [2.05, 4.69) is 52.6 Å². The smallest absolute Gasteiger partial charge is 0.136 e. The van der Waals surface area contributed by atoms with E-state index in [0.717, 1.165) is 37.2 Å². The fourth-order valence-electron chi connectivity index (χ4n) is 3.32. The van der Waals surface area contributed by atoms with Crippen LogP contribution in [-0.2, 0) is 12.8 Å². The molecule has 0 saturated heterocycles. The molecule has 1 aliphatic rings. The van der Waals surface area contributed by atoms with E-state index in [1.165, 1.54) is 22.4 Å². The summed E-state index contributed by atoms with van der Waals surface area (Å²) in [5, 5.41) is 0. The Kier molecular flexibility index (Phi) is 3.89. The third-order valence-electron chi connectivity index (χ3n) is 4.46. The van der Waals surface area contributed by atoms with E-state index in [-0.39, 0.29) is 0 Å². The molecule has 0 aromatic carbocycles. The molecule has 3 aromatic heterocycles. The Balaban J connectivity index is 1.78. The number of fused-ring (bicyclic) bond motifs is 2. The van der Waals surface area contributed by atoms with Gasteiger partial charge in [-0.1, -0.05) is 19.9 Å². The van der Waals surface area contributed by atoms with Crippen LogP contribution in [0.3, 0.4) is 0 Å². The average molecular weight is 318 g/mol.